The van der Waals surface area contributed by atoms with Crippen molar-refractivity contribution in [2.45, 2.75) is 26.4 Å². The summed E-state index contributed by atoms with van der Waals surface area (Å²) in [5.74, 6) is 2.69. The van der Waals surface area contributed by atoms with E-state index in [-0.39, 0.29) is 0 Å². The molecule has 0 aromatic carbocycles. The lowest BCUT2D eigenvalue weighted by atomic mass is 10.2. The van der Waals surface area contributed by atoms with Gasteiger partial charge >= 0.3 is 0 Å². The first kappa shape index (κ1) is 18.4. The number of aryl methyl sites for hydroxylation is 1. The first-order valence-corrected chi connectivity index (χ1v) is 8.34. The molecule has 2 rings (SSSR count). The predicted molar refractivity (Wildman–Crippen MR) is 97.1 cm³/mol. The van der Waals surface area contributed by atoms with E-state index in [1.807, 2.05) is 44.4 Å². The van der Waals surface area contributed by atoms with Gasteiger partial charge in [0.25, 0.3) is 0 Å². The number of hydrogen-bond donors (Lipinski definition) is 0. The third-order valence-electron chi connectivity index (χ3n) is 3.75. The number of hydrogen-bond acceptors (Lipinski definition) is 6. The summed E-state index contributed by atoms with van der Waals surface area (Å²) >= 11 is 0. The van der Waals surface area contributed by atoms with Gasteiger partial charge in [-0.2, -0.15) is 0 Å². The van der Waals surface area contributed by atoms with Crippen LogP contribution in [0.2, 0.25) is 0 Å². The van der Waals surface area contributed by atoms with Crippen molar-refractivity contribution >= 4 is 5.95 Å². The molecule has 24 heavy (non-hydrogen) atoms. The Kier molecular flexibility index (Phi) is 6.75. The van der Waals surface area contributed by atoms with Gasteiger partial charge in [0.05, 0.1) is 6.54 Å². The van der Waals surface area contributed by atoms with E-state index in [1.165, 1.54) is 0 Å². The zero-order chi connectivity index (χ0) is 17.5. The minimum absolute atomic E-state index is 0.736. The van der Waals surface area contributed by atoms with Crippen molar-refractivity contribution in [2.75, 3.05) is 46.2 Å². The SMILES string of the molecule is Cc1ccc(CN(CCCN(C)C)Cc2cnc(N(C)C)nc2)o1. The minimum atomic E-state index is 0.736. The Hall–Kier alpha value is -1.92. The Morgan fingerprint density at radius 3 is 2.21 bits per heavy atom. The van der Waals surface area contributed by atoms with Crippen molar-refractivity contribution < 1.29 is 4.42 Å². The molecule has 0 amide bonds. The molecular weight excluding hydrogens is 302 g/mol. The Morgan fingerprint density at radius 1 is 0.958 bits per heavy atom. The maximum atomic E-state index is 5.74. The normalized spacial score (nSPS) is 11.5. The summed E-state index contributed by atoms with van der Waals surface area (Å²) in [6, 6.07) is 4.07. The van der Waals surface area contributed by atoms with E-state index in [4.69, 9.17) is 4.42 Å². The fourth-order valence-corrected chi connectivity index (χ4v) is 2.53. The van der Waals surface area contributed by atoms with Crippen LogP contribution in [0.3, 0.4) is 0 Å². The van der Waals surface area contributed by atoms with Crippen LogP contribution in [0, 0.1) is 6.92 Å². The summed E-state index contributed by atoms with van der Waals surface area (Å²) in [5.41, 5.74) is 1.12. The van der Waals surface area contributed by atoms with Crippen LogP contribution in [-0.4, -0.2) is 61.0 Å². The van der Waals surface area contributed by atoms with Crippen LogP contribution in [0.5, 0.6) is 0 Å². The van der Waals surface area contributed by atoms with Crippen molar-refractivity contribution in [2.24, 2.45) is 0 Å². The molecule has 2 heterocycles. The van der Waals surface area contributed by atoms with Gasteiger partial charge in [0.1, 0.15) is 11.5 Å². The monoisotopic (exact) mass is 331 g/mol. The van der Waals surface area contributed by atoms with Gasteiger partial charge in [-0.3, -0.25) is 4.90 Å². The van der Waals surface area contributed by atoms with Gasteiger partial charge in [0.2, 0.25) is 5.95 Å². The highest BCUT2D eigenvalue weighted by molar-refractivity contribution is 5.26. The number of aromatic nitrogens is 2. The molecule has 6 nitrogen and oxygen atoms in total. The van der Waals surface area contributed by atoms with Gasteiger partial charge < -0.3 is 14.2 Å². The molecule has 0 spiro atoms. The highest BCUT2D eigenvalue weighted by Gasteiger charge is 2.11. The van der Waals surface area contributed by atoms with Crippen molar-refractivity contribution in [1.82, 2.24) is 19.8 Å². The van der Waals surface area contributed by atoms with Gasteiger partial charge in [-0.1, -0.05) is 0 Å². The highest BCUT2D eigenvalue weighted by Crippen LogP contribution is 2.13. The van der Waals surface area contributed by atoms with Gasteiger partial charge in [-0.15, -0.1) is 0 Å². The predicted octanol–water partition coefficient (Wildman–Crippen LogP) is 2.40. The summed E-state index contributed by atoms with van der Waals surface area (Å²) in [4.78, 5) is 15.3. The first-order valence-electron chi connectivity index (χ1n) is 8.34. The van der Waals surface area contributed by atoms with E-state index in [2.05, 4.69) is 39.9 Å². The molecule has 0 saturated heterocycles. The molecular formula is C18H29N5O. The average Bonchev–Trinajstić information content (AvgIpc) is 2.92. The van der Waals surface area contributed by atoms with Crippen LogP contribution >= 0.6 is 0 Å². The minimum Gasteiger partial charge on any atom is -0.465 e. The molecule has 6 heteroatoms. The van der Waals surface area contributed by atoms with E-state index >= 15 is 0 Å². The van der Waals surface area contributed by atoms with E-state index < -0.39 is 0 Å². The maximum Gasteiger partial charge on any atom is 0.224 e. The Bertz CT molecular complexity index is 606. The van der Waals surface area contributed by atoms with Crippen LogP contribution in [-0.2, 0) is 13.1 Å². The van der Waals surface area contributed by atoms with E-state index in [1.54, 1.807) is 0 Å². The smallest absolute Gasteiger partial charge is 0.224 e. The Morgan fingerprint density at radius 2 is 1.67 bits per heavy atom. The first-order chi connectivity index (χ1) is 11.4. The molecule has 0 fully saturated rings. The average molecular weight is 331 g/mol. The number of anilines is 1. The van der Waals surface area contributed by atoms with Gasteiger partial charge in [0, 0.05) is 45.1 Å². The standard InChI is InChI=1S/C18H29N5O/c1-15-7-8-17(24-15)14-23(10-6-9-21(2)3)13-16-11-19-18(20-12-16)22(4)5/h7-8,11-12H,6,9-10,13-14H2,1-5H3. The number of furan rings is 1. The lowest BCUT2D eigenvalue weighted by Gasteiger charge is -2.22. The molecule has 0 bridgehead atoms. The lowest BCUT2D eigenvalue weighted by Crippen LogP contribution is -2.27. The number of nitrogens with zero attached hydrogens (tertiary/aromatic N) is 5. The zero-order valence-corrected chi connectivity index (χ0v) is 15.5. The van der Waals surface area contributed by atoms with E-state index in [9.17, 15) is 0 Å². The molecule has 0 unspecified atom stereocenters. The summed E-state index contributed by atoms with van der Waals surface area (Å²) in [6.07, 6.45) is 4.94. The zero-order valence-electron chi connectivity index (χ0n) is 15.5. The Labute approximate surface area is 145 Å². The van der Waals surface area contributed by atoms with Crippen LogP contribution in [0.1, 0.15) is 23.5 Å². The maximum absolute atomic E-state index is 5.74. The third-order valence-corrected chi connectivity index (χ3v) is 3.75. The molecule has 2 aromatic heterocycles. The molecule has 0 saturated carbocycles. The molecule has 0 atom stereocenters. The van der Waals surface area contributed by atoms with Crippen molar-refractivity contribution in [1.29, 1.82) is 0 Å². The quantitative estimate of drug-likeness (QED) is 0.703. The number of rotatable bonds is 9. The van der Waals surface area contributed by atoms with Gasteiger partial charge in [-0.05, 0) is 46.1 Å². The molecule has 0 aliphatic heterocycles. The fraction of sp³-hybridized carbons (Fsp3) is 0.556. The topological polar surface area (TPSA) is 48.6 Å². The van der Waals surface area contributed by atoms with Crippen molar-refractivity contribution in [3.8, 4) is 0 Å². The highest BCUT2D eigenvalue weighted by atomic mass is 16.3. The molecule has 0 N–H and O–H groups in total. The summed E-state index contributed by atoms with van der Waals surface area (Å²) in [7, 11) is 8.10. The second kappa shape index (κ2) is 8.80. The molecule has 132 valence electrons. The van der Waals surface area contributed by atoms with Crippen LogP contribution in [0.4, 0.5) is 5.95 Å². The summed E-state index contributed by atoms with van der Waals surface area (Å²) in [5, 5.41) is 0. The molecule has 2 aromatic rings. The molecule has 0 radical (unpaired) electrons. The van der Waals surface area contributed by atoms with Crippen LogP contribution in [0.15, 0.2) is 28.9 Å². The molecule has 0 aliphatic carbocycles. The van der Waals surface area contributed by atoms with Gasteiger partial charge in [0.15, 0.2) is 0 Å². The second-order valence-electron chi connectivity index (χ2n) is 6.67. The molecule has 0 aliphatic rings. The second-order valence-corrected chi connectivity index (χ2v) is 6.67. The Balaban J connectivity index is 2.00. The lowest BCUT2D eigenvalue weighted by molar-refractivity contribution is 0.220. The fourth-order valence-electron chi connectivity index (χ4n) is 2.53. The summed E-state index contributed by atoms with van der Waals surface area (Å²) in [6.45, 7) is 5.68. The largest absolute Gasteiger partial charge is 0.465 e. The van der Waals surface area contributed by atoms with Crippen molar-refractivity contribution in [3.63, 3.8) is 0 Å². The van der Waals surface area contributed by atoms with Crippen molar-refractivity contribution in [3.05, 3.63) is 41.6 Å². The summed E-state index contributed by atoms with van der Waals surface area (Å²) < 4.78 is 5.74. The van der Waals surface area contributed by atoms with Gasteiger partial charge in [-0.25, -0.2) is 9.97 Å². The van der Waals surface area contributed by atoms with Crippen LogP contribution in [0.25, 0.3) is 0 Å². The third kappa shape index (κ3) is 5.94. The van der Waals surface area contributed by atoms with Crippen LogP contribution < -0.4 is 4.90 Å². The van der Waals surface area contributed by atoms with E-state index in [0.29, 0.717) is 0 Å². The van der Waals surface area contributed by atoms with E-state index in [0.717, 1.165) is 55.6 Å².